The van der Waals surface area contributed by atoms with Crippen molar-refractivity contribution in [2.45, 2.75) is 31.7 Å². The zero-order valence-electron chi connectivity index (χ0n) is 12.6. The van der Waals surface area contributed by atoms with Crippen LogP contribution in [0.3, 0.4) is 0 Å². The Bertz CT molecular complexity index is 662. The number of sulfonamides is 1. The second-order valence-electron chi connectivity index (χ2n) is 5.48. The normalized spacial score (nSPS) is 20.2. The van der Waals surface area contributed by atoms with Gasteiger partial charge in [-0.05, 0) is 30.7 Å². The topological polar surface area (TPSA) is 87.3 Å². The molecular weight excluding hydrogens is 328 g/mol. The van der Waals surface area contributed by atoms with E-state index in [1.54, 1.807) is 6.92 Å². The summed E-state index contributed by atoms with van der Waals surface area (Å²) in [6.07, 6.45) is -0.0315. The molecule has 3 N–H and O–H groups in total. The van der Waals surface area contributed by atoms with Crippen LogP contribution < -0.4 is 15.4 Å². The van der Waals surface area contributed by atoms with Crippen LogP contribution in [0.1, 0.15) is 19.8 Å². The highest BCUT2D eigenvalue weighted by Gasteiger charge is 2.42. The molecule has 1 amide bonds. The first kappa shape index (κ1) is 17.6. The van der Waals surface area contributed by atoms with Crippen LogP contribution in [0.4, 0.5) is 20.2 Å². The van der Waals surface area contributed by atoms with Crippen LogP contribution in [-0.4, -0.2) is 38.6 Å². The standard InChI is InChI=1S/C14H19F2N3O3S/c1-2-7-23(21,22)19-11-5-3-10(4-6-11)18-13(20)12-8-14(15,16)9-17-12/h3-6,12,17,19H,2,7-9H2,1H3,(H,18,20). The summed E-state index contributed by atoms with van der Waals surface area (Å²) in [4.78, 5) is 11.9. The van der Waals surface area contributed by atoms with E-state index >= 15 is 0 Å². The summed E-state index contributed by atoms with van der Waals surface area (Å²) in [6.45, 7) is 1.25. The fourth-order valence-corrected chi connectivity index (χ4v) is 3.39. The highest BCUT2D eigenvalue weighted by Crippen LogP contribution is 2.26. The Hall–Kier alpha value is -1.74. The largest absolute Gasteiger partial charge is 0.325 e. The molecule has 1 aromatic rings. The summed E-state index contributed by atoms with van der Waals surface area (Å²) >= 11 is 0. The molecule has 1 unspecified atom stereocenters. The summed E-state index contributed by atoms with van der Waals surface area (Å²) in [7, 11) is -3.38. The molecule has 0 aromatic heterocycles. The van der Waals surface area contributed by atoms with Gasteiger partial charge in [-0.25, -0.2) is 17.2 Å². The first-order chi connectivity index (χ1) is 10.7. The minimum Gasteiger partial charge on any atom is -0.325 e. The van der Waals surface area contributed by atoms with Crippen LogP contribution in [-0.2, 0) is 14.8 Å². The van der Waals surface area contributed by atoms with Crippen molar-refractivity contribution in [3.63, 3.8) is 0 Å². The molecule has 0 aliphatic carbocycles. The van der Waals surface area contributed by atoms with Gasteiger partial charge in [0, 0.05) is 17.8 Å². The van der Waals surface area contributed by atoms with E-state index in [0.717, 1.165) is 0 Å². The molecule has 1 saturated heterocycles. The maximum Gasteiger partial charge on any atom is 0.262 e. The second-order valence-corrected chi connectivity index (χ2v) is 7.32. The van der Waals surface area contributed by atoms with E-state index in [2.05, 4.69) is 15.4 Å². The fraction of sp³-hybridized carbons (Fsp3) is 0.500. The Balaban J connectivity index is 1.94. The Labute approximate surface area is 133 Å². The van der Waals surface area contributed by atoms with Crippen molar-refractivity contribution in [3.05, 3.63) is 24.3 Å². The minimum absolute atomic E-state index is 0.0209. The van der Waals surface area contributed by atoms with Gasteiger partial charge in [-0.1, -0.05) is 6.92 Å². The molecule has 0 saturated carbocycles. The van der Waals surface area contributed by atoms with Gasteiger partial charge >= 0.3 is 0 Å². The van der Waals surface area contributed by atoms with Crippen LogP contribution in [0, 0.1) is 0 Å². The lowest BCUT2D eigenvalue weighted by Gasteiger charge is -2.12. The molecule has 1 aliphatic rings. The molecule has 0 radical (unpaired) electrons. The number of carbonyl (C=O) groups is 1. The zero-order valence-corrected chi connectivity index (χ0v) is 13.4. The van der Waals surface area contributed by atoms with Crippen molar-refractivity contribution in [1.29, 1.82) is 0 Å². The van der Waals surface area contributed by atoms with Gasteiger partial charge in [-0.15, -0.1) is 0 Å². The average Bonchev–Trinajstić information content (AvgIpc) is 2.81. The van der Waals surface area contributed by atoms with E-state index in [4.69, 9.17) is 0 Å². The Morgan fingerprint density at radius 1 is 1.30 bits per heavy atom. The number of rotatable bonds is 6. The van der Waals surface area contributed by atoms with E-state index in [9.17, 15) is 22.0 Å². The van der Waals surface area contributed by atoms with Crippen molar-refractivity contribution in [2.24, 2.45) is 0 Å². The fourth-order valence-electron chi connectivity index (χ4n) is 2.25. The smallest absolute Gasteiger partial charge is 0.262 e. The van der Waals surface area contributed by atoms with Gasteiger partial charge in [0.15, 0.2) is 0 Å². The molecule has 1 fully saturated rings. The van der Waals surface area contributed by atoms with Gasteiger partial charge in [0.1, 0.15) is 0 Å². The molecule has 9 heteroatoms. The molecular formula is C14H19F2N3O3S. The van der Waals surface area contributed by atoms with E-state index in [1.807, 2.05) is 0 Å². The van der Waals surface area contributed by atoms with Gasteiger partial charge in [-0.2, -0.15) is 0 Å². The molecule has 0 spiro atoms. The third-order valence-corrected chi connectivity index (χ3v) is 4.82. The minimum atomic E-state index is -3.38. The quantitative estimate of drug-likeness (QED) is 0.732. The SMILES string of the molecule is CCCS(=O)(=O)Nc1ccc(NC(=O)C2CC(F)(F)CN2)cc1. The Kier molecular flexibility index (Phi) is 5.20. The maximum atomic E-state index is 13.1. The molecule has 6 nitrogen and oxygen atoms in total. The van der Waals surface area contributed by atoms with Crippen LogP contribution in [0.5, 0.6) is 0 Å². The highest BCUT2D eigenvalue weighted by molar-refractivity contribution is 7.92. The number of hydrogen-bond donors (Lipinski definition) is 3. The predicted molar refractivity (Wildman–Crippen MR) is 84.1 cm³/mol. The van der Waals surface area contributed by atoms with Gasteiger partial charge in [0.05, 0.1) is 18.3 Å². The van der Waals surface area contributed by atoms with Crippen LogP contribution in [0.25, 0.3) is 0 Å². The third kappa shape index (κ3) is 5.14. The molecule has 23 heavy (non-hydrogen) atoms. The number of nitrogens with one attached hydrogen (secondary N) is 3. The van der Waals surface area contributed by atoms with E-state index in [1.165, 1.54) is 24.3 Å². The number of benzene rings is 1. The third-order valence-electron chi connectivity index (χ3n) is 3.32. The number of alkyl halides is 2. The highest BCUT2D eigenvalue weighted by atomic mass is 32.2. The molecule has 2 rings (SSSR count). The Morgan fingerprint density at radius 2 is 1.91 bits per heavy atom. The lowest BCUT2D eigenvalue weighted by Crippen LogP contribution is -2.35. The van der Waals surface area contributed by atoms with Crippen LogP contribution in [0.15, 0.2) is 24.3 Å². The first-order valence-corrected chi connectivity index (χ1v) is 8.89. The van der Waals surface area contributed by atoms with Crippen LogP contribution in [0.2, 0.25) is 0 Å². The molecule has 1 atom stereocenters. The van der Waals surface area contributed by atoms with Crippen molar-refractivity contribution < 1.29 is 22.0 Å². The van der Waals surface area contributed by atoms with Crippen molar-refractivity contribution in [3.8, 4) is 0 Å². The van der Waals surface area contributed by atoms with Crippen molar-refractivity contribution in [2.75, 3.05) is 22.3 Å². The summed E-state index contributed by atoms with van der Waals surface area (Å²) in [5.74, 6) is -3.39. The predicted octanol–water partition coefficient (Wildman–Crippen LogP) is 1.77. The van der Waals surface area contributed by atoms with E-state index in [-0.39, 0.29) is 5.75 Å². The monoisotopic (exact) mass is 347 g/mol. The second kappa shape index (κ2) is 6.79. The molecule has 1 aromatic carbocycles. The van der Waals surface area contributed by atoms with Gasteiger partial charge in [-0.3, -0.25) is 14.8 Å². The number of halogens is 2. The van der Waals surface area contributed by atoms with Crippen LogP contribution >= 0.6 is 0 Å². The lowest BCUT2D eigenvalue weighted by molar-refractivity contribution is -0.118. The van der Waals surface area contributed by atoms with Gasteiger partial charge < -0.3 is 5.32 Å². The Morgan fingerprint density at radius 3 is 2.43 bits per heavy atom. The summed E-state index contributed by atoms with van der Waals surface area (Å²) < 4.78 is 51.8. The van der Waals surface area contributed by atoms with Gasteiger partial charge in [0.25, 0.3) is 5.92 Å². The zero-order chi connectivity index (χ0) is 17.1. The molecule has 1 heterocycles. The van der Waals surface area contributed by atoms with Gasteiger partial charge in [0.2, 0.25) is 15.9 Å². The summed E-state index contributed by atoms with van der Waals surface area (Å²) in [5.41, 5.74) is 0.785. The molecule has 128 valence electrons. The van der Waals surface area contributed by atoms with E-state index < -0.39 is 40.9 Å². The lowest BCUT2D eigenvalue weighted by atomic mass is 10.2. The number of anilines is 2. The first-order valence-electron chi connectivity index (χ1n) is 7.23. The summed E-state index contributed by atoms with van der Waals surface area (Å²) in [6, 6.07) is 5.08. The van der Waals surface area contributed by atoms with E-state index in [0.29, 0.717) is 17.8 Å². The molecule has 1 aliphatic heterocycles. The maximum absolute atomic E-state index is 13.1. The van der Waals surface area contributed by atoms with Crippen molar-refractivity contribution >= 4 is 27.3 Å². The number of carbonyl (C=O) groups excluding carboxylic acids is 1. The summed E-state index contributed by atoms with van der Waals surface area (Å²) in [5, 5.41) is 4.99. The number of hydrogen-bond acceptors (Lipinski definition) is 4. The average molecular weight is 347 g/mol. The molecule has 0 bridgehead atoms. The number of amides is 1. The van der Waals surface area contributed by atoms with Crippen molar-refractivity contribution in [1.82, 2.24) is 5.32 Å².